The van der Waals surface area contributed by atoms with Crippen molar-refractivity contribution < 1.29 is 9.59 Å². The van der Waals surface area contributed by atoms with E-state index in [4.69, 9.17) is 10.7 Å². The van der Waals surface area contributed by atoms with Crippen LogP contribution in [0.1, 0.15) is 99.9 Å². The van der Waals surface area contributed by atoms with Crippen molar-refractivity contribution >= 4 is 40.4 Å². The number of rotatable bonds is 9. The van der Waals surface area contributed by atoms with Gasteiger partial charge in [-0.15, -0.1) is 11.3 Å². The van der Waals surface area contributed by atoms with Crippen LogP contribution in [0.4, 0.5) is 17.3 Å². The van der Waals surface area contributed by atoms with Crippen molar-refractivity contribution in [3.05, 3.63) is 63.1 Å². The van der Waals surface area contributed by atoms with Gasteiger partial charge in [0.1, 0.15) is 5.82 Å². The van der Waals surface area contributed by atoms with Gasteiger partial charge in [-0.3, -0.25) is 9.59 Å². The second-order valence-electron chi connectivity index (χ2n) is 12.9. The predicted octanol–water partition coefficient (Wildman–Crippen LogP) is 6.09. The SMILES string of the molecule is NC(=O)c1ncc(N2CCC[C@@H](CC(=O)c3cc4c(s3)CCCC4)C2)nc1Nc1ccc(C2CCN(C3CC3)CC2)cc1. The van der Waals surface area contributed by atoms with Crippen LogP contribution in [0.25, 0.3) is 0 Å². The number of piperidine rings is 2. The number of carbonyl (C=O) groups is 2. The molecule has 1 amide bonds. The summed E-state index contributed by atoms with van der Waals surface area (Å²) < 4.78 is 0. The minimum Gasteiger partial charge on any atom is -0.364 e. The molecular weight excluding hydrogens is 556 g/mol. The van der Waals surface area contributed by atoms with Gasteiger partial charge < -0.3 is 20.9 Å². The summed E-state index contributed by atoms with van der Waals surface area (Å²) in [7, 11) is 0. The van der Waals surface area contributed by atoms with Crippen LogP contribution in [0, 0.1) is 5.92 Å². The lowest BCUT2D eigenvalue weighted by Gasteiger charge is -2.33. The predicted molar refractivity (Wildman–Crippen MR) is 172 cm³/mol. The van der Waals surface area contributed by atoms with Crippen molar-refractivity contribution in [2.75, 3.05) is 36.4 Å². The Hall–Kier alpha value is -3.30. The van der Waals surface area contributed by atoms with Crippen molar-refractivity contribution in [1.82, 2.24) is 14.9 Å². The lowest BCUT2D eigenvalue weighted by molar-refractivity contribution is 0.0958. The van der Waals surface area contributed by atoms with Crippen molar-refractivity contribution in [2.45, 2.75) is 82.6 Å². The topological polar surface area (TPSA) is 104 Å². The molecule has 1 atom stereocenters. The number of anilines is 3. The number of hydrogen-bond donors (Lipinski definition) is 2. The molecule has 1 saturated carbocycles. The Morgan fingerprint density at radius 3 is 2.51 bits per heavy atom. The molecule has 4 aliphatic rings. The number of thiophene rings is 1. The fourth-order valence-corrected chi connectivity index (χ4v) is 8.45. The maximum Gasteiger partial charge on any atom is 0.271 e. The van der Waals surface area contributed by atoms with Crippen molar-refractivity contribution in [3.63, 3.8) is 0 Å². The van der Waals surface area contributed by atoms with Gasteiger partial charge in [0.15, 0.2) is 17.3 Å². The molecule has 3 fully saturated rings. The Kier molecular flexibility index (Phi) is 8.19. The van der Waals surface area contributed by atoms with Crippen LogP contribution in [0.3, 0.4) is 0 Å². The summed E-state index contributed by atoms with van der Waals surface area (Å²) in [6, 6.07) is 11.5. The summed E-state index contributed by atoms with van der Waals surface area (Å²) in [6.07, 6.45) is 14.1. The summed E-state index contributed by atoms with van der Waals surface area (Å²) in [6.45, 7) is 3.98. The van der Waals surface area contributed by atoms with Crippen molar-refractivity contribution in [2.24, 2.45) is 11.7 Å². The van der Waals surface area contributed by atoms with Gasteiger partial charge in [0.05, 0.1) is 11.1 Å². The third-order valence-corrected chi connectivity index (χ3v) is 11.1. The van der Waals surface area contributed by atoms with E-state index in [1.807, 2.05) is 0 Å². The molecule has 0 unspecified atom stereocenters. The molecular formula is C34H42N6O2S. The smallest absolute Gasteiger partial charge is 0.271 e. The normalized spacial score (nSPS) is 21.4. The van der Waals surface area contributed by atoms with E-state index in [-0.39, 0.29) is 17.4 Å². The zero-order chi connectivity index (χ0) is 29.3. The second kappa shape index (κ2) is 12.4. The number of amides is 1. The Morgan fingerprint density at radius 1 is 0.977 bits per heavy atom. The van der Waals surface area contributed by atoms with E-state index in [0.717, 1.165) is 55.4 Å². The largest absolute Gasteiger partial charge is 0.364 e. The highest BCUT2D eigenvalue weighted by Crippen LogP contribution is 2.36. The Labute approximate surface area is 258 Å². The van der Waals surface area contributed by atoms with Crippen LogP contribution in [0.5, 0.6) is 0 Å². The molecule has 0 spiro atoms. The number of benzene rings is 1. The molecule has 1 aromatic carbocycles. The first-order valence-corrected chi connectivity index (χ1v) is 17.0. The maximum absolute atomic E-state index is 13.2. The molecule has 0 bridgehead atoms. The van der Waals surface area contributed by atoms with Gasteiger partial charge in [0.25, 0.3) is 5.91 Å². The Bertz CT molecular complexity index is 1450. The molecule has 2 saturated heterocycles. The van der Waals surface area contributed by atoms with E-state index in [9.17, 15) is 9.59 Å². The average molecular weight is 599 g/mol. The lowest BCUT2D eigenvalue weighted by Crippen LogP contribution is -2.37. The van der Waals surface area contributed by atoms with Gasteiger partial charge in [-0.25, -0.2) is 9.97 Å². The van der Waals surface area contributed by atoms with Gasteiger partial charge in [-0.2, -0.15) is 0 Å². The number of ketones is 1. The minimum absolute atomic E-state index is 0.130. The number of nitrogens with one attached hydrogen (secondary N) is 1. The van der Waals surface area contributed by atoms with Crippen LogP contribution in [0.2, 0.25) is 0 Å². The maximum atomic E-state index is 13.2. The summed E-state index contributed by atoms with van der Waals surface area (Å²) >= 11 is 1.71. The van der Waals surface area contributed by atoms with E-state index in [1.165, 1.54) is 67.6 Å². The molecule has 8 nitrogen and oxygen atoms in total. The molecule has 2 aliphatic carbocycles. The minimum atomic E-state index is -0.610. The molecule has 3 N–H and O–H groups in total. The van der Waals surface area contributed by atoms with Gasteiger partial charge in [0, 0.05) is 36.1 Å². The van der Waals surface area contributed by atoms with Crippen LogP contribution in [0.15, 0.2) is 36.5 Å². The highest BCUT2D eigenvalue weighted by molar-refractivity contribution is 7.14. The van der Waals surface area contributed by atoms with Crippen LogP contribution < -0.4 is 16.0 Å². The van der Waals surface area contributed by atoms with Crippen molar-refractivity contribution in [3.8, 4) is 0 Å². The van der Waals surface area contributed by atoms with Gasteiger partial charge in [0.2, 0.25) is 0 Å². The number of primary amides is 1. The quantitative estimate of drug-likeness (QED) is 0.287. The zero-order valence-corrected chi connectivity index (χ0v) is 25.7. The first kappa shape index (κ1) is 28.5. The third-order valence-electron chi connectivity index (χ3n) is 9.82. The first-order valence-electron chi connectivity index (χ1n) is 16.2. The number of hydrogen-bond acceptors (Lipinski definition) is 8. The number of aryl methyl sites for hydroxylation is 2. The molecule has 2 aromatic heterocycles. The van der Waals surface area contributed by atoms with Crippen LogP contribution in [-0.4, -0.2) is 58.8 Å². The molecule has 226 valence electrons. The number of likely N-dealkylation sites (tertiary alicyclic amines) is 1. The van der Waals surface area contributed by atoms with Gasteiger partial charge in [-0.05, 0) is 118 Å². The molecule has 9 heteroatoms. The Balaban J connectivity index is 1.01. The van der Waals surface area contributed by atoms with Crippen LogP contribution >= 0.6 is 11.3 Å². The zero-order valence-electron chi connectivity index (χ0n) is 24.9. The standard InChI is InChI=1S/C34H42N6O2S/c35-33(42)32-34(37-26-9-7-23(8-10-26)24-13-16-39(17-14-24)27-11-12-27)38-31(20-36-32)40-15-3-4-22(21-40)18-28(41)30-19-25-5-1-2-6-29(25)43-30/h7-10,19-20,22,24,27H,1-6,11-18,21H2,(H2,35,42)(H,37,38)/t22-/m0/s1. The monoisotopic (exact) mass is 598 g/mol. The van der Waals surface area contributed by atoms with E-state index < -0.39 is 5.91 Å². The molecule has 2 aliphatic heterocycles. The number of Topliss-reactive ketones (excluding diaryl/α,β-unsaturated/α-hetero) is 1. The van der Waals surface area contributed by atoms with Gasteiger partial charge >= 0.3 is 0 Å². The van der Waals surface area contributed by atoms with E-state index in [2.05, 4.69) is 50.4 Å². The summed E-state index contributed by atoms with van der Waals surface area (Å²) in [5.74, 6) is 1.59. The summed E-state index contributed by atoms with van der Waals surface area (Å²) in [5.41, 5.74) is 9.43. The molecule has 3 aromatic rings. The van der Waals surface area contributed by atoms with Gasteiger partial charge in [-0.1, -0.05) is 12.1 Å². The number of aromatic nitrogens is 2. The number of carbonyl (C=O) groups excluding carboxylic acids is 2. The molecule has 43 heavy (non-hydrogen) atoms. The van der Waals surface area contributed by atoms with E-state index in [0.29, 0.717) is 24.0 Å². The fraction of sp³-hybridized carbons (Fsp3) is 0.529. The number of nitrogens with zero attached hydrogens (tertiary/aromatic N) is 4. The third kappa shape index (κ3) is 6.48. The molecule has 7 rings (SSSR count). The summed E-state index contributed by atoms with van der Waals surface area (Å²) in [5, 5.41) is 3.32. The average Bonchev–Trinajstić information content (AvgIpc) is 3.79. The van der Waals surface area contributed by atoms with Crippen molar-refractivity contribution in [1.29, 1.82) is 0 Å². The fourth-order valence-electron chi connectivity index (χ4n) is 7.24. The number of nitrogens with two attached hydrogens (primary N) is 1. The molecule has 0 radical (unpaired) electrons. The summed E-state index contributed by atoms with van der Waals surface area (Å²) in [4.78, 5) is 41.9. The van der Waals surface area contributed by atoms with Crippen LogP contribution in [-0.2, 0) is 12.8 Å². The molecule has 4 heterocycles. The second-order valence-corrected chi connectivity index (χ2v) is 14.1. The van der Waals surface area contributed by atoms with E-state index >= 15 is 0 Å². The first-order chi connectivity index (χ1) is 21.0. The Morgan fingerprint density at radius 2 is 1.77 bits per heavy atom. The lowest BCUT2D eigenvalue weighted by atomic mass is 9.89. The number of fused-ring (bicyclic) bond motifs is 1. The highest BCUT2D eigenvalue weighted by atomic mass is 32.1. The highest BCUT2D eigenvalue weighted by Gasteiger charge is 2.32. The van der Waals surface area contributed by atoms with E-state index in [1.54, 1.807) is 17.5 Å².